The summed E-state index contributed by atoms with van der Waals surface area (Å²) in [5, 5.41) is 12.6. The van der Waals surface area contributed by atoms with Crippen LogP contribution in [0.2, 0.25) is 0 Å². The first kappa shape index (κ1) is 13.3. The zero-order valence-electron chi connectivity index (χ0n) is 10.7. The number of hydrogen-bond donors (Lipinski definition) is 2. The van der Waals surface area contributed by atoms with E-state index in [1.807, 2.05) is 13.0 Å². The molecule has 0 aliphatic carbocycles. The van der Waals surface area contributed by atoms with Gasteiger partial charge in [0.1, 0.15) is 5.76 Å². The van der Waals surface area contributed by atoms with Crippen molar-refractivity contribution in [1.29, 1.82) is 0 Å². The molecule has 1 rings (SSSR count). The summed E-state index contributed by atoms with van der Waals surface area (Å²) in [6.45, 7) is 9.40. The Hall–Kier alpha value is -0.800. The molecule has 0 amide bonds. The fraction of sp³-hybridized carbons (Fsp3) is 0.692. The average Bonchev–Trinajstić information content (AvgIpc) is 2.57. The summed E-state index contributed by atoms with van der Waals surface area (Å²) < 4.78 is 5.35. The number of rotatable bonds is 5. The molecule has 1 unspecified atom stereocenters. The summed E-state index contributed by atoms with van der Waals surface area (Å²) in [5.41, 5.74) is 1.37. The van der Waals surface area contributed by atoms with Crippen LogP contribution in [0.25, 0.3) is 0 Å². The summed E-state index contributed by atoms with van der Waals surface area (Å²) in [7, 11) is 0. The van der Waals surface area contributed by atoms with Gasteiger partial charge in [-0.3, -0.25) is 0 Å². The Kier molecular flexibility index (Phi) is 4.56. The number of aliphatic hydroxyl groups is 1. The van der Waals surface area contributed by atoms with Gasteiger partial charge in [-0.1, -0.05) is 20.8 Å². The maximum absolute atomic E-state index is 9.29. The fourth-order valence-corrected chi connectivity index (χ4v) is 1.76. The monoisotopic (exact) mass is 225 g/mol. The Morgan fingerprint density at radius 2 is 2.12 bits per heavy atom. The molecule has 0 bridgehead atoms. The van der Waals surface area contributed by atoms with E-state index in [-0.39, 0.29) is 18.1 Å². The second-order valence-corrected chi connectivity index (χ2v) is 5.55. The van der Waals surface area contributed by atoms with Crippen molar-refractivity contribution in [2.75, 3.05) is 6.61 Å². The molecule has 0 aromatic carbocycles. The zero-order chi connectivity index (χ0) is 12.2. The highest BCUT2D eigenvalue weighted by Gasteiger charge is 2.18. The maximum Gasteiger partial charge on any atom is 0.120 e. The third kappa shape index (κ3) is 4.37. The van der Waals surface area contributed by atoms with Crippen LogP contribution < -0.4 is 5.32 Å². The van der Waals surface area contributed by atoms with Gasteiger partial charge in [-0.15, -0.1) is 0 Å². The first-order valence-electron chi connectivity index (χ1n) is 5.79. The fourth-order valence-electron chi connectivity index (χ4n) is 1.76. The largest absolute Gasteiger partial charge is 0.468 e. The predicted octanol–water partition coefficient (Wildman–Crippen LogP) is 2.47. The zero-order valence-corrected chi connectivity index (χ0v) is 10.7. The van der Waals surface area contributed by atoms with Crippen LogP contribution in [0.1, 0.15) is 38.5 Å². The van der Waals surface area contributed by atoms with E-state index in [4.69, 9.17) is 4.42 Å². The van der Waals surface area contributed by atoms with Gasteiger partial charge in [0.15, 0.2) is 0 Å². The van der Waals surface area contributed by atoms with Crippen LogP contribution >= 0.6 is 0 Å². The Bertz CT molecular complexity index is 312. The minimum absolute atomic E-state index is 0.129. The first-order valence-corrected chi connectivity index (χ1v) is 5.79. The van der Waals surface area contributed by atoms with E-state index >= 15 is 0 Å². The van der Waals surface area contributed by atoms with Gasteiger partial charge in [-0.25, -0.2) is 0 Å². The lowest BCUT2D eigenvalue weighted by molar-refractivity contribution is 0.195. The van der Waals surface area contributed by atoms with Gasteiger partial charge in [0.2, 0.25) is 0 Å². The van der Waals surface area contributed by atoms with E-state index in [1.165, 1.54) is 0 Å². The van der Waals surface area contributed by atoms with E-state index in [1.54, 1.807) is 6.26 Å². The second-order valence-electron chi connectivity index (χ2n) is 5.55. The lowest BCUT2D eigenvalue weighted by Gasteiger charge is -2.25. The molecule has 0 fully saturated rings. The van der Waals surface area contributed by atoms with E-state index in [0.717, 1.165) is 17.7 Å². The minimum atomic E-state index is 0.129. The number of nitrogens with one attached hydrogen (secondary N) is 1. The predicted molar refractivity (Wildman–Crippen MR) is 65.2 cm³/mol. The summed E-state index contributed by atoms with van der Waals surface area (Å²) in [6, 6.07) is 2.08. The molecule has 0 aliphatic heterocycles. The molecule has 3 nitrogen and oxygen atoms in total. The van der Waals surface area contributed by atoms with Crippen molar-refractivity contribution >= 4 is 0 Å². The summed E-state index contributed by atoms with van der Waals surface area (Å²) >= 11 is 0. The van der Waals surface area contributed by atoms with Gasteiger partial charge >= 0.3 is 0 Å². The second kappa shape index (κ2) is 5.51. The molecule has 3 heteroatoms. The van der Waals surface area contributed by atoms with Gasteiger partial charge in [0.25, 0.3) is 0 Å². The molecule has 1 atom stereocenters. The Morgan fingerprint density at radius 1 is 1.44 bits per heavy atom. The first-order chi connectivity index (χ1) is 7.42. The van der Waals surface area contributed by atoms with Crippen LogP contribution in [-0.2, 0) is 6.54 Å². The van der Waals surface area contributed by atoms with Crippen molar-refractivity contribution in [2.45, 2.75) is 46.7 Å². The van der Waals surface area contributed by atoms with Crippen molar-refractivity contribution in [3.63, 3.8) is 0 Å². The lowest BCUT2D eigenvalue weighted by Crippen LogP contribution is -2.35. The van der Waals surface area contributed by atoms with Gasteiger partial charge < -0.3 is 14.8 Å². The van der Waals surface area contributed by atoms with E-state index in [9.17, 15) is 5.11 Å². The van der Waals surface area contributed by atoms with Crippen LogP contribution in [0.15, 0.2) is 16.7 Å². The molecule has 1 aromatic heterocycles. The van der Waals surface area contributed by atoms with Gasteiger partial charge in [0.05, 0.1) is 19.4 Å². The smallest absolute Gasteiger partial charge is 0.120 e. The minimum Gasteiger partial charge on any atom is -0.468 e. The molecule has 0 saturated carbocycles. The highest BCUT2D eigenvalue weighted by atomic mass is 16.3. The molecule has 0 radical (unpaired) electrons. The third-order valence-corrected chi connectivity index (χ3v) is 2.60. The third-order valence-electron chi connectivity index (χ3n) is 2.60. The number of aliphatic hydroxyl groups excluding tert-OH is 1. The lowest BCUT2D eigenvalue weighted by atomic mass is 9.88. The van der Waals surface area contributed by atoms with Gasteiger partial charge in [0, 0.05) is 6.04 Å². The topological polar surface area (TPSA) is 45.4 Å². The Morgan fingerprint density at radius 3 is 2.56 bits per heavy atom. The molecule has 1 aromatic rings. The average molecular weight is 225 g/mol. The van der Waals surface area contributed by atoms with Crippen LogP contribution in [-0.4, -0.2) is 17.8 Å². The number of furan rings is 1. The molecule has 0 spiro atoms. The highest BCUT2D eigenvalue weighted by molar-refractivity contribution is 5.14. The summed E-state index contributed by atoms with van der Waals surface area (Å²) in [6.07, 6.45) is 2.65. The molecule has 1 heterocycles. The molecule has 16 heavy (non-hydrogen) atoms. The number of aryl methyl sites for hydroxylation is 1. The van der Waals surface area contributed by atoms with E-state index in [2.05, 4.69) is 26.1 Å². The molecule has 2 N–H and O–H groups in total. The van der Waals surface area contributed by atoms with Crippen molar-refractivity contribution in [1.82, 2.24) is 5.32 Å². The van der Waals surface area contributed by atoms with Crippen LogP contribution in [0.3, 0.4) is 0 Å². The van der Waals surface area contributed by atoms with Gasteiger partial charge in [-0.2, -0.15) is 0 Å². The standard InChI is InChI=1S/C13H23NO2/c1-10-5-6-16-12(10)8-14-11(9-15)7-13(2,3)4/h5-6,11,14-15H,7-9H2,1-4H3. The van der Waals surface area contributed by atoms with Crippen LogP contribution in [0.5, 0.6) is 0 Å². The van der Waals surface area contributed by atoms with Crippen LogP contribution in [0, 0.1) is 12.3 Å². The molecular formula is C13H23NO2. The Balaban J connectivity index is 2.43. The molecule has 0 aliphatic rings. The highest BCUT2D eigenvalue weighted by Crippen LogP contribution is 2.21. The SMILES string of the molecule is Cc1ccoc1CNC(CO)CC(C)(C)C. The van der Waals surface area contributed by atoms with E-state index < -0.39 is 0 Å². The summed E-state index contributed by atoms with van der Waals surface area (Å²) in [5.74, 6) is 0.951. The number of hydrogen-bond acceptors (Lipinski definition) is 3. The molecular weight excluding hydrogens is 202 g/mol. The maximum atomic E-state index is 9.29. The van der Waals surface area contributed by atoms with E-state index in [0.29, 0.717) is 6.54 Å². The van der Waals surface area contributed by atoms with Gasteiger partial charge in [-0.05, 0) is 30.4 Å². The quantitative estimate of drug-likeness (QED) is 0.809. The van der Waals surface area contributed by atoms with Crippen molar-refractivity contribution in [3.8, 4) is 0 Å². The normalized spacial score (nSPS) is 14.1. The summed E-state index contributed by atoms with van der Waals surface area (Å²) in [4.78, 5) is 0. The molecule has 0 saturated heterocycles. The van der Waals surface area contributed by atoms with Crippen molar-refractivity contribution in [3.05, 3.63) is 23.7 Å². The van der Waals surface area contributed by atoms with Crippen molar-refractivity contribution < 1.29 is 9.52 Å². The van der Waals surface area contributed by atoms with Crippen molar-refractivity contribution in [2.24, 2.45) is 5.41 Å². The molecule has 92 valence electrons. The Labute approximate surface area is 97.9 Å². The van der Waals surface area contributed by atoms with Crippen LogP contribution in [0.4, 0.5) is 0 Å².